The number of likely N-dealkylation sites (tertiary alicyclic amines) is 1. The molecule has 1 fully saturated rings. The predicted octanol–water partition coefficient (Wildman–Crippen LogP) is 4.39. The van der Waals surface area contributed by atoms with Gasteiger partial charge < -0.3 is 4.98 Å². The van der Waals surface area contributed by atoms with Crippen molar-refractivity contribution in [3.05, 3.63) is 63.9 Å². The van der Waals surface area contributed by atoms with Crippen LogP contribution in [0, 0.1) is 11.6 Å². The van der Waals surface area contributed by atoms with Gasteiger partial charge in [0.25, 0.3) is 0 Å². The van der Waals surface area contributed by atoms with Gasteiger partial charge in [0.1, 0.15) is 4.64 Å². The number of hydrogen-bond acceptors (Lipinski definition) is 2. The minimum Gasteiger partial charge on any atom is -0.353 e. The number of hydrogen-bond donors (Lipinski definition) is 1. The SMILES string of the molecule is Cc1cc(=S)[nH]cc1[C@H]1CCCN1Cc1ccccc1. The average Bonchev–Trinajstić information content (AvgIpc) is 2.88. The first-order valence-electron chi connectivity index (χ1n) is 7.21. The van der Waals surface area contributed by atoms with E-state index in [0.717, 1.165) is 11.2 Å². The monoisotopic (exact) mass is 284 g/mol. The van der Waals surface area contributed by atoms with E-state index >= 15 is 0 Å². The summed E-state index contributed by atoms with van der Waals surface area (Å²) in [6.07, 6.45) is 4.61. The highest BCUT2D eigenvalue weighted by atomic mass is 32.1. The molecule has 1 aliphatic rings. The Morgan fingerprint density at radius 1 is 1.30 bits per heavy atom. The molecule has 1 N–H and O–H groups in total. The van der Waals surface area contributed by atoms with E-state index in [1.807, 2.05) is 0 Å². The van der Waals surface area contributed by atoms with E-state index in [2.05, 4.69) is 59.4 Å². The molecule has 0 bridgehead atoms. The second-order valence-electron chi connectivity index (χ2n) is 5.55. The molecule has 1 atom stereocenters. The van der Waals surface area contributed by atoms with Gasteiger partial charge in [-0.1, -0.05) is 42.5 Å². The van der Waals surface area contributed by atoms with Gasteiger partial charge in [-0.05, 0) is 49.1 Å². The van der Waals surface area contributed by atoms with Crippen molar-refractivity contribution in [2.24, 2.45) is 0 Å². The normalized spacial score (nSPS) is 19.4. The van der Waals surface area contributed by atoms with Gasteiger partial charge in [0.15, 0.2) is 0 Å². The summed E-state index contributed by atoms with van der Waals surface area (Å²) in [4.78, 5) is 5.77. The summed E-state index contributed by atoms with van der Waals surface area (Å²) >= 11 is 5.20. The maximum atomic E-state index is 5.20. The number of benzene rings is 1. The fourth-order valence-corrected chi connectivity index (χ4v) is 3.36. The molecular weight excluding hydrogens is 264 g/mol. The number of H-pyrrole nitrogens is 1. The van der Waals surface area contributed by atoms with Gasteiger partial charge in [-0.2, -0.15) is 0 Å². The molecule has 1 saturated heterocycles. The summed E-state index contributed by atoms with van der Waals surface area (Å²) in [6, 6.07) is 13.3. The number of aromatic amines is 1. The van der Waals surface area contributed by atoms with Crippen molar-refractivity contribution in [1.82, 2.24) is 9.88 Å². The lowest BCUT2D eigenvalue weighted by Gasteiger charge is -2.26. The van der Waals surface area contributed by atoms with Crippen LogP contribution in [0.2, 0.25) is 0 Å². The Bertz CT molecular complexity index is 633. The predicted molar refractivity (Wildman–Crippen MR) is 85.2 cm³/mol. The molecule has 0 saturated carbocycles. The second kappa shape index (κ2) is 5.90. The molecule has 0 radical (unpaired) electrons. The maximum Gasteiger partial charge on any atom is 0.103 e. The molecule has 2 aromatic rings. The Balaban J connectivity index is 1.83. The van der Waals surface area contributed by atoms with Crippen molar-refractivity contribution in [1.29, 1.82) is 0 Å². The highest BCUT2D eigenvalue weighted by molar-refractivity contribution is 7.71. The van der Waals surface area contributed by atoms with Gasteiger partial charge in [0.05, 0.1) is 0 Å². The van der Waals surface area contributed by atoms with Gasteiger partial charge >= 0.3 is 0 Å². The van der Waals surface area contributed by atoms with Crippen LogP contribution in [0.3, 0.4) is 0 Å². The molecule has 2 nitrogen and oxygen atoms in total. The molecule has 0 aliphatic carbocycles. The van der Waals surface area contributed by atoms with Crippen molar-refractivity contribution in [3.8, 4) is 0 Å². The highest BCUT2D eigenvalue weighted by Crippen LogP contribution is 2.34. The Hall–Kier alpha value is -1.45. The van der Waals surface area contributed by atoms with Gasteiger partial charge in [-0.25, -0.2) is 0 Å². The van der Waals surface area contributed by atoms with Crippen LogP contribution in [-0.4, -0.2) is 16.4 Å². The summed E-state index contributed by atoms with van der Waals surface area (Å²) < 4.78 is 0.818. The fourth-order valence-electron chi connectivity index (χ4n) is 3.13. The van der Waals surface area contributed by atoms with Gasteiger partial charge in [-0.3, -0.25) is 4.90 Å². The Kier molecular flexibility index (Phi) is 3.99. The molecule has 2 heterocycles. The fraction of sp³-hybridized carbons (Fsp3) is 0.353. The van der Waals surface area contributed by atoms with E-state index in [-0.39, 0.29) is 0 Å². The van der Waals surface area contributed by atoms with Crippen molar-refractivity contribution in [2.45, 2.75) is 32.4 Å². The van der Waals surface area contributed by atoms with Crippen LogP contribution >= 0.6 is 12.2 Å². The lowest BCUT2D eigenvalue weighted by Crippen LogP contribution is -2.23. The zero-order valence-corrected chi connectivity index (χ0v) is 12.6. The van der Waals surface area contributed by atoms with E-state index in [1.54, 1.807) is 0 Å². The van der Waals surface area contributed by atoms with Gasteiger partial charge in [0, 0.05) is 18.8 Å². The lowest BCUT2D eigenvalue weighted by atomic mass is 10.0. The smallest absolute Gasteiger partial charge is 0.103 e. The standard InChI is InChI=1S/C17H20N2S/c1-13-10-17(20)18-11-15(13)16-8-5-9-19(16)12-14-6-3-2-4-7-14/h2-4,6-7,10-11,16H,5,8-9,12H2,1H3,(H,18,20)/t16-/m1/s1. The highest BCUT2D eigenvalue weighted by Gasteiger charge is 2.26. The average molecular weight is 284 g/mol. The van der Waals surface area contributed by atoms with Crippen LogP contribution in [0.4, 0.5) is 0 Å². The third-order valence-corrected chi connectivity index (χ3v) is 4.36. The second-order valence-corrected chi connectivity index (χ2v) is 5.99. The summed E-state index contributed by atoms with van der Waals surface area (Å²) in [5.41, 5.74) is 4.09. The largest absolute Gasteiger partial charge is 0.353 e. The summed E-state index contributed by atoms with van der Waals surface area (Å²) in [7, 11) is 0. The van der Waals surface area contributed by atoms with Crippen molar-refractivity contribution < 1.29 is 0 Å². The minimum atomic E-state index is 0.516. The van der Waals surface area contributed by atoms with Crippen LogP contribution in [-0.2, 0) is 6.54 Å². The third-order valence-electron chi connectivity index (χ3n) is 4.12. The van der Waals surface area contributed by atoms with Crippen LogP contribution in [0.15, 0.2) is 42.6 Å². The van der Waals surface area contributed by atoms with Crippen molar-refractivity contribution in [3.63, 3.8) is 0 Å². The molecule has 0 spiro atoms. The van der Waals surface area contributed by atoms with E-state index in [1.165, 1.54) is 36.1 Å². The first-order valence-corrected chi connectivity index (χ1v) is 7.62. The quantitative estimate of drug-likeness (QED) is 0.843. The first-order chi connectivity index (χ1) is 9.74. The number of aryl methyl sites for hydroxylation is 1. The van der Waals surface area contributed by atoms with E-state index in [9.17, 15) is 0 Å². The number of rotatable bonds is 3. The number of pyridine rings is 1. The van der Waals surface area contributed by atoms with Gasteiger partial charge in [0.2, 0.25) is 0 Å². The summed E-state index contributed by atoms with van der Waals surface area (Å²) in [5, 5.41) is 0. The lowest BCUT2D eigenvalue weighted by molar-refractivity contribution is 0.247. The molecule has 0 unspecified atom stereocenters. The van der Waals surface area contributed by atoms with E-state index < -0.39 is 0 Å². The van der Waals surface area contributed by atoms with Crippen LogP contribution in [0.5, 0.6) is 0 Å². The molecule has 3 heteroatoms. The van der Waals surface area contributed by atoms with Crippen molar-refractivity contribution >= 4 is 12.2 Å². The van der Waals surface area contributed by atoms with Crippen LogP contribution in [0.25, 0.3) is 0 Å². The van der Waals surface area contributed by atoms with Crippen molar-refractivity contribution in [2.75, 3.05) is 6.54 Å². The molecule has 20 heavy (non-hydrogen) atoms. The number of nitrogens with zero attached hydrogens (tertiary/aromatic N) is 1. The summed E-state index contributed by atoms with van der Waals surface area (Å²) in [6.45, 7) is 4.37. The number of nitrogens with one attached hydrogen (secondary N) is 1. The molecule has 3 rings (SSSR count). The number of aromatic nitrogens is 1. The van der Waals surface area contributed by atoms with Gasteiger partial charge in [-0.15, -0.1) is 0 Å². The molecule has 1 aliphatic heterocycles. The Labute approximate surface area is 125 Å². The molecule has 0 amide bonds. The zero-order chi connectivity index (χ0) is 13.9. The van der Waals surface area contributed by atoms with E-state index in [0.29, 0.717) is 6.04 Å². The Morgan fingerprint density at radius 3 is 2.85 bits per heavy atom. The van der Waals surface area contributed by atoms with Crippen LogP contribution < -0.4 is 0 Å². The molecule has 1 aromatic carbocycles. The van der Waals surface area contributed by atoms with Crippen LogP contribution in [0.1, 0.15) is 35.6 Å². The molecule has 1 aromatic heterocycles. The van der Waals surface area contributed by atoms with E-state index in [4.69, 9.17) is 12.2 Å². The molecule has 104 valence electrons. The Morgan fingerprint density at radius 2 is 2.10 bits per heavy atom. The minimum absolute atomic E-state index is 0.516. The molecular formula is C17H20N2S. The first kappa shape index (κ1) is 13.5. The topological polar surface area (TPSA) is 19.0 Å². The summed E-state index contributed by atoms with van der Waals surface area (Å²) in [5.74, 6) is 0. The maximum absolute atomic E-state index is 5.20. The zero-order valence-electron chi connectivity index (χ0n) is 11.8. The third kappa shape index (κ3) is 2.84.